The molecule has 2 fully saturated rings. The van der Waals surface area contributed by atoms with E-state index in [9.17, 15) is 28.8 Å². The Labute approximate surface area is 402 Å². The number of aromatic nitrogens is 1. The van der Waals surface area contributed by atoms with Crippen molar-refractivity contribution in [1.29, 1.82) is 0 Å². The van der Waals surface area contributed by atoms with Crippen LogP contribution in [0.2, 0.25) is 5.02 Å². The molecule has 4 heterocycles. The number of nitrogens with zero attached hydrogens (tertiary/aromatic N) is 2. The van der Waals surface area contributed by atoms with Gasteiger partial charge in [-0.05, 0) is 88.1 Å². The Bertz CT molecular complexity index is 2490. The maximum atomic E-state index is 14.0. The maximum absolute atomic E-state index is 14.0. The third-order valence-electron chi connectivity index (χ3n) is 12.2. The van der Waals surface area contributed by atoms with Crippen LogP contribution >= 0.6 is 18.3 Å². The van der Waals surface area contributed by atoms with Gasteiger partial charge in [-0.3, -0.25) is 33.0 Å². The predicted octanol–water partition coefficient (Wildman–Crippen LogP) is 7.50. The number of carbonyl (C=O) groups excluding carboxylic acids is 5. The number of Topliss-reactive ketones (excluding diaryl/α,β-unsaturated/α-hetero) is 1. The van der Waals surface area contributed by atoms with Gasteiger partial charge in [-0.1, -0.05) is 69.8 Å². The molecule has 0 saturated carbocycles. The number of aryl methyl sites for hydroxylation is 1. The normalized spacial score (nSPS) is 19.8. The van der Waals surface area contributed by atoms with Gasteiger partial charge in [-0.25, -0.2) is 4.79 Å². The Balaban J connectivity index is 0.000000319. The molecule has 2 aromatic carbocycles. The Morgan fingerprint density at radius 3 is 2.30 bits per heavy atom. The van der Waals surface area contributed by atoms with Gasteiger partial charge in [0, 0.05) is 60.6 Å². The van der Waals surface area contributed by atoms with Gasteiger partial charge < -0.3 is 34.6 Å². The lowest BCUT2D eigenvalue weighted by atomic mass is 9.93. The minimum Gasteiger partial charge on any atom is -0.424 e. The van der Waals surface area contributed by atoms with Crippen molar-refractivity contribution >= 4 is 81.4 Å². The number of rotatable bonds is 18. The van der Waals surface area contributed by atoms with Crippen LogP contribution in [-0.4, -0.2) is 90.1 Å². The highest BCUT2D eigenvalue weighted by molar-refractivity contribution is 8.07. The topological polar surface area (TPSA) is 197 Å². The standard InChI is InChI=1S/C34H49N5O6.C14H16ClO5PS/c1-5-22(3)30-34(44)38-19-13-12-18-29(38)33(43)35-26(16-9-7-8-14-24(40)6-2)31(41)36-27(32(42)37-30)20-23-21-39(45-4)28-17-11-10-15-25(23)28;1-4-17-21(22,18-5-2)20-10-6-7-11-9(3)13(15)14(16)19-12(11)8-10/h10-11,15,17,21-22,26-27,29-30H,5-9,12-14,16,18-20H2,1-4H3,(H,35,43)(H,36,41)(H,37,42);6-8H,4-5H2,1-3H3/t22-,26-,27-,29+,30-;/m0./s1. The van der Waals surface area contributed by atoms with Crippen molar-refractivity contribution in [1.82, 2.24) is 25.6 Å². The van der Waals surface area contributed by atoms with Crippen LogP contribution < -0.4 is 30.9 Å². The average Bonchev–Trinajstić information content (AvgIpc) is 3.68. The lowest BCUT2D eigenvalue weighted by Crippen LogP contribution is -2.64. The zero-order chi connectivity index (χ0) is 48.8. The van der Waals surface area contributed by atoms with Crippen LogP contribution in [0.3, 0.4) is 0 Å². The first kappa shape index (κ1) is 53.2. The predicted molar refractivity (Wildman–Crippen MR) is 262 cm³/mol. The second-order valence-electron chi connectivity index (χ2n) is 16.8. The summed E-state index contributed by atoms with van der Waals surface area (Å²) >= 11 is 11.2. The molecular formula is C48H65ClN5O11PS. The van der Waals surface area contributed by atoms with E-state index < -0.39 is 48.3 Å². The van der Waals surface area contributed by atoms with Crippen molar-refractivity contribution in [2.75, 3.05) is 26.9 Å². The van der Waals surface area contributed by atoms with Gasteiger partial charge in [0.15, 0.2) is 0 Å². The zero-order valence-electron chi connectivity index (χ0n) is 39.5. The molecule has 2 aromatic heterocycles. The van der Waals surface area contributed by atoms with Gasteiger partial charge in [-0.15, -0.1) is 0 Å². The van der Waals surface area contributed by atoms with Crippen molar-refractivity contribution in [2.45, 2.75) is 136 Å². The Kier molecular flexibility index (Phi) is 19.8. The summed E-state index contributed by atoms with van der Waals surface area (Å²) in [4.78, 5) is 86.2. The number of unbranched alkanes of at least 4 members (excludes halogenated alkanes) is 2. The fraction of sp³-hybridized carbons (Fsp3) is 0.542. The van der Waals surface area contributed by atoms with Crippen LogP contribution in [-0.2, 0) is 51.2 Å². The average molecular weight is 987 g/mol. The molecule has 2 aliphatic rings. The Hall–Kier alpha value is -4.80. The molecule has 0 bridgehead atoms. The van der Waals surface area contributed by atoms with Crippen LogP contribution in [0.4, 0.5) is 0 Å². The molecule has 0 aliphatic carbocycles. The molecule has 2 saturated heterocycles. The van der Waals surface area contributed by atoms with Gasteiger partial charge in [0.05, 0.1) is 18.7 Å². The van der Waals surface area contributed by atoms with Crippen molar-refractivity contribution in [3.63, 3.8) is 0 Å². The van der Waals surface area contributed by atoms with Crippen molar-refractivity contribution in [3.8, 4) is 5.75 Å². The van der Waals surface area contributed by atoms with E-state index in [-0.39, 0.29) is 35.0 Å². The minimum atomic E-state index is -2.87. The van der Waals surface area contributed by atoms with Crippen LogP contribution in [0, 0.1) is 12.8 Å². The third kappa shape index (κ3) is 13.7. The number of piperidine rings is 1. The Morgan fingerprint density at radius 2 is 1.61 bits per heavy atom. The Morgan fingerprint density at radius 1 is 0.910 bits per heavy atom. The number of para-hydroxylation sites is 1. The summed E-state index contributed by atoms with van der Waals surface area (Å²) in [7, 11) is 1.56. The highest BCUT2D eigenvalue weighted by Gasteiger charge is 2.41. The van der Waals surface area contributed by atoms with Gasteiger partial charge >= 0.3 is 12.3 Å². The summed E-state index contributed by atoms with van der Waals surface area (Å²) in [6.45, 7) is 9.42. The van der Waals surface area contributed by atoms with Gasteiger partial charge in [0.25, 0.3) is 0 Å². The number of halogens is 1. The van der Waals surface area contributed by atoms with Crippen LogP contribution in [0.25, 0.3) is 21.9 Å². The molecule has 67 heavy (non-hydrogen) atoms. The molecule has 19 heteroatoms. The number of carbonyl (C=O) groups is 5. The summed E-state index contributed by atoms with van der Waals surface area (Å²) in [5.74, 6) is -1.08. The monoisotopic (exact) mass is 985 g/mol. The molecule has 2 aliphatic heterocycles. The van der Waals surface area contributed by atoms with E-state index in [1.807, 2.05) is 58.9 Å². The zero-order valence-corrected chi connectivity index (χ0v) is 42.0. The summed E-state index contributed by atoms with van der Waals surface area (Å²) in [6.07, 6.45) is 8.07. The number of hydrogen-bond acceptors (Lipinski definition) is 12. The fourth-order valence-corrected chi connectivity index (χ4v) is 10.5. The summed E-state index contributed by atoms with van der Waals surface area (Å²) in [6, 6.07) is 9.25. The molecule has 4 aromatic rings. The quantitative estimate of drug-likeness (QED) is 0.0505. The van der Waals surface area contributed by atoms with Crippen LogP contribution in [0.15, 0.2) is 57.9 Å². The molecule has 366 valence electrons. The van der Waals surface area contributed by atoms with Crippen molar-refractivity contribution in [2.24, 2.45) is 5.92 Å². The van der Waals surface area contributed by atoms with Gasteiger partial charge in [0.1, 0.15) is 53.4 Å². The number of amides is 4. The number of hydrogen-bond donors (Lipinski definition) is 3. The van der Waals surface area contributed by atoms with Gasteiger partial charge in [0.2, 0.25) is 23.6 Å². The number of nitrogens with one attached hydrogen (secondary N) is 3. The third-order valence-corrected chi connectivity index (χ3v) is 15.1. The number of benzene rings is 2. The molecule has 16 nitrogen and oxygen atoms in total. The van der Waals surface area contributed by atoms with E-state index in [1.54, 1.807) is 48.1 Å². The summed E-state index contributed by atoms with van der Waals surface area (Å²) < 4.78 is 23.3. The van der Waals surface area contributed by atoms with Crippen LogP contribution in [0.1, 0.15) is 110 Å². The highest BCUT2D eigenvalue weighted by Crippen LogP contribution is 2.50. The molecule has 0 spiro atoms. The number of ketones is 1. The number of fused-ring (bicyclic) bond motifs is 3. The molecule has 3 N–H and O–H groups in total. The molecular weight excluding hydrogens is 921 g/mol. The van der Waals surface area contributed by atoms with Gasteiger partial charge in [-0.2, -0.15) is 4.73 Å². The second kappa shape index (κ2) is 25.0. The molecule has 6 rings (SSSR count). The fourth-order valence-electron chi connectivity index (χ4n) is 8.28. The van der Waals surface area contributed by atoms with E-state index in [4.69, 9.17) is 46.2 Å². The second-order valence-corrected chi connectivity index (χ2v) is 20.1. The van der Waals surface area contributed by atoms with Crippen LogP contribution in [0.5, 0.6) is 5.75 Å². The summed E-state index contributed by atoms with van der Waals surface area (Å²) in [5.41, 5.74) is 2.07. The lowest BCUT2D eigenvalue weighted by Gasteiger charge is -2.39. The first-order chi connectivity index (χ1) is 32.1. The minimum absolute atomic E-state index is 0.0786. The smallest absolute Gasteiger partial charge is 0.380 e. The molecule has 4 amide bonds. The van der Waals surface area contributed by atoms with Crippen molar-refractivity contribution < 1.29 is 46.8 Å². The summed E-state index contributed by atoms with van der Waals surface area (Å²) in [5, 5.41) is 10.6. The largest absolute Gasteiger partial charge is 0.424 e. The molecule has 5 atom stereocenters. The SMILES string of the molecule is CCC(=O)CCCCC[C@@H]1NC(=O)[C@H]2CCCCN2C(=O)[C@H]([C@@H](C)CC)NC(=O)[C@H](Cc2cn(OC)c3ccccc23)NC1=O.CCOP(=S)(OCC)Oc1ccc2c(C)c(Cl)c(=O)oc2c1. The van der Waals surface area contributed by atoms with Crippen molar-refractivity contribution in [3.05, 3.63) is 75.2 Å². The highest BCUT2D eigenvalue weighted by atomic mass is 35.5. The van der Waals surface area contributed by atoms with E-state index in [0.717, 1.165) is 41.1 Å². The first-order valence-corrected chi connectivity index (χ1v) is 26.2. The maximum Gasteiger partial charge on any atom is 0.380 e. The van der Waals surface area contributed by atoms with E-state index in [2.05, 4.69) is 16.0 Å². The van der Waals surface area contributed by atoms with E-state index in [1.165, 1.54) is 0 Å². The first-order valence-electron chi connectivity index (χ1n) is 23.3. The lowest BCUT2D eigenvalue weighted by molar-refractivity contribution is -0.147. The molecule has 0 unspecified atom stereocenters. The van der Waals surface area contributed by atoms with E-state index in [0.29, 0.717) is 81.6 Å². The molecule has 0 radical (unpaired) electrons. The van der Waals surface area contributed by atoms with E-state index >= 15 is 0 Å².